The first-order chi connectivity index (χ1) is 10.9. The van der Waals surface area contributed by atoms with Crippen molar-refractivity contribution in [2.45, 2.75) is 31.1 Å². The molecular weight excluding hydrogens is 344 g/mol. The van der Waals surface area contributed by atoms with Crippen molar-refractivity contribution in [1.29, 1.82) is 0 Å². The SMILES string of the molecule is COc1ccc(S(=O)(=O)NCC2C(C)(C)C2(F)F)c(CC(=O)O)c1. The topological polar surface area (TPSA) is 92.7 Å². The molecule has 0 heterocycles. The molecule has 0 radical (unpaired) electrons. The Balaban J connectivity index is 2.24. The molecule has 0 bridgehead atoms. The molecule has 0 saturated heterocycles. The van der Waals surface area contributed by atoms with Gasteiger partial charge in [-0.2, -0.15) is 0 Å². The van der Waals surface area contributed by atoms with Crippen LogP contribution in [0.15, 0.2) is 23.1 Å². The molecule has 1 aliphatic rings. The molecule has 1 unspecified atom stereocenters. The summed E-state index contributed by atoms with van der Waals surface area (Å²) in [4.78, 5) is 10.7. The third-order valence-electron chi connectivity index (χ3n) is 4.46. The molecule has 6 nitrogen and oxygen atoms in total. The second kappa shape index (κ2) is 5.96. The molecule has 1 atom stereocenters. The zero-order valence-electron chi connectivity index (χ0n) is 13.5. The van der Waals surface area contributed by atoms with Crippen molar-refractivity contribution in [1.82, 2.24) is 4.72 Å². The second-order valence-electron chi connectivity index (χ2n) is 6.29. The number of hydrogen-bond donors (Lipinski definition) is 2. The predicted molar refractivity (Wildman–Crippen MR) is 81.7 cm³/mol. The van der Waals surface area contributed by atoms with Gasteiger partial charge < -0.3 is 9.84 Å². The van der Waals surface area contributed by atoms with Gasteiger partial charge in [-0.1, -0.05) is 13.8 Å². The molecule has 9 heteroatoms. The van der Waals surface area contributed by atoms with E-state index >= 15 is 0 Å². The number of carboxylic acid groups (broad SMARTS) is 1. The molecule has 2 N–H and O–H groups in total. The quantitative estimate of drug-likeness (QED) is 0.772. The molecule has 0 aromatic heterocycles. The Morgan fingerprint density at radius 2 is 1.96 bits per heavy atom. The van der Waals surface area contributed by atoms with Gasteiger partial charge in [0.1, 0.15) is 5.75 Å². The highest BCUT2D eigenvalue weighted by molar-refractivity contribution is 7.89. The van der Waals surface area contributed by atoms with Crippen LogP contribution in [0.4, 0.5) is 8.78 Å². The maximum absolute atomic E-state index is 13.6. The standard InChI is InChI=1S/C15H19F2NO5S/c1-14(2)12(15(14,16)17)8-18-24(21,22)11-5-4-10(23-3)6-9(11)7-13(19)20/h4-6,12,18H,7-8H2,1-3H3,(H,19,20). The maximum atomic E-state index is 13.6. The fourth-order valence-electron chi connectivity index (χ4n) is 2.66. The number of sulfonamides is 1. The summed E-state index contributed by atoms with van der Waals surface area (Å²) >= 11 is 0. The molecule has 2 rings (SSSR count). The van der Waals surface area contributed by atoms with Gasteiger partial charge in [0.2, 0.25) is 10.0 Å². The first kappa shape index (κ1) is 18.6. The van der Waals surface area contributed by atoms with E-state index in [4.69, 9.17) is 9.84 Å². The number of rotatable bonds is 7. The molecule has 1 aromatic rings. The van der Waals surface area contributed by atoms with Crippen LogP contribution in [0.1, 0.15) is 19.4 Å². The first-order valence-electron chi connectivity index (χ1n) is 7.19. The van der Waals surface area contributed by atoms with Gasteiger partial charge in [0.25, 0.3) is 5.92 Å². The Bertz CT molecular complexity index is 747. The normalized spacial score (nSPS) is 21.3. The van der Waals surface area contributed by atoms with Crippen LogP contribution in [0.5, 0.6) is 5.75 Å². The molecule has 1 fully saturated rings. The average molecular weight is 363 g/mol. The third kappa shape index (κ3) is 3.23. The smallest absolute Gasteiger partial charge is 0.307 e. The third-order valence-corrected chi connectivity index (χ3v) is 5.98. The number of methoxy groups -OCH3 is 1. The summed E-state index contributed by atoms with van der Waals surface area (Å²) in [5, 5.41) is 8.93. The minimum Gasteiger partial charge on any atom is -0.497 e. The van der Waals surface area contributed by atoms with Gasteiger partial charge in [0.05, 0.1) is 18.4 Å². The molecular formula is C15H19F2NO5S. The Morgan fingerprint density at radius 1 is 1.38 bits per heavy atom. The lowest BCUT2D eigenvalue weighted by Crippen LogP contribution is -2.28. The van der Waals surface area contributed by atoms with Gasteiger partial charge in [0.15, 0.2) is 0 Å². The minimum atomic E-state index is -4.12. The van der Waals surface area contributed by atoms with Crippen LogP contribution < -0.4 is 9.46 Å². The number of hydrogen-bond acceptors (Lipinski definition) is 4. The van der Waals surface area contributed by atoms with E-state index in [0.717, 1.165) is 0 Å². The van der Waals surface area contributed by atoms with E-state index in [0.29, 0.717) is 5.75 Å². The number of halogens is 2. The lowest BCUT2D eigenvalue weighted by Gasteiger charge is -2.12. The summed E-state index contributed by atoms with van der Waals surface area (Å²) < 4.78 is 59.1. The van der Waals surface area contributed by atoms with Gasteiger partial charge in [0, 0.05) is 17.9 Å². The summed E-state index contributed by atoms with van der Waals surface area (Å²) in [6.07, 6.45) is -0.529. The lowest BCUT2D eigenvalue weighted by molar-refractivity contribution is -0.136. The van der Waals surface area contributed by atoms with Crippen molar-refractivity contribution in [3.05, 3.63) is 23.8 Å². The molecule has 0 amide bonds. The minimum absolute atomic E-state index is 0.0242. The zero-order chi connectivity index (χ0) is 18.3. The lowest BCUT2D eigenvalue weighted by atomic mass is 10.1. The Kier molecular flexibility index (Phi) is 4.62. The Hall–Kier alpha value is -1.74. The number of benzene rings is 1. The summed E-state index contributed by atoms with van der Waals surface area (Å²) in [6, 6.07) is 3.88. The van der Waals surface area contributed by atoms with E-state index in [1.165, 1.54) is 39.2 Å². The second-order valence-corrected chi connectivity index (χ2v) is 8.03. The van der Waals surface area contributed by atoms with Crippen molar-refractivity contribution in [3.63, 3.8) is 0 Å². The van der Waals surface area contributed by atoms with Crippen LogP contribution in [0, 0.1) is 11.3 Å². The zero-order valence-corrected chi connectivity index (χ0v) is 14.3. The van der Waals surface area contributed by atoms with Crippen molar-refractivity contribution in [2.75, 3.05) is 13.7 Å². The number of nitrogens with one attached hydrogen (secondary N) is 1. The number of alkyl halides is 2. The summed E-state index contributed by atoms with van der Waals surface area (Å²) in [5.74, 6) is -4.94. The van der Waals surface area contributed by atoms with Crippen LogP contribution >= 0.6 is 0 Å². The number of carbonyl (C=O) groups is 1. The monoisotopic (exact) mass is 363 g/mol. The molecule has 1 saturated carbocycles. The first-order valence-corrected chi connectivity index (χ1v) is 8.68. The highest BCUT2D eigenvalue weighted by Crippen LogP contribution is 2.65. The van der Waals surface area contributed by atoms with E-state index in [-0.39, 0.29) is 10.5 Å². The average Bonchev–Trinajstić information content (AvgIpc) is 2.85. The van der Waals surface area contributed by atoms with Crippen molar-refractivity contribution in [2.24, 2.45) is 11.3 Å². The molecule has 134 valence electrons. The molecule has 24 heavy (non-hydrogen) atoms. The molecule has 0 spiro atoms. The van der Waals surface area contributed by atoms with Crippen LogP contribution in [-0.2, 0) is 21.2 Å². The molecule has 1 aromatic carbocycles. The van der Waals surface area contributed by atoms with Crippen molar-refractivity contribution >= 4 is 16.0 Å². The fraction of sp³-hybridized carbons (Fsp3) is 0.533. The van der Waals surface area contributed by atoms with Gasteiger partial charge in [-0.15, -0.1) is 0 Å². The Morgan fingerprint density at radius 3 is 2.42 bits per heavy atom. The number of carboxylic acids is 1. The van der Waals surface area contributed by atoms with E-state index in [1.54, 1.807) is 0 Å². The van der Waals surface area contributed by atoms with E-state index in [1.807, 2.05) is 0 Å². The van der Waals surface area contributed by atoms with Crippen LogP contribution in [0.3, 0.4) is 0 Å². The van der Waals surface area contributed by atoms with Crippen molar-refractivity contribution < 1.29 is 31.8 Å². The van der Waals surface area contributed by atoms with Gasteiger partial charge in [-0.3, -0.25) is 4.79 Å². The predicted octanol–water partition coefficient (Wildman–Crippen LogP) is 1.89. The highest BCUT2D eigenvalue weighted by atomic mass is 32.2. The summed E-state index contributed by atoms with van der Waals surface area (Å²) in [5.41, 5.74) is -1.24. The van der Waals surface area contributed by atoms with E-state index in [2.05, 4.69) is 4.72 Å². The largest absolute Gasteiger partial charge is 0.497 e. The van der Waals surface area contributed by atoms with Crippen LogP contribution in [0.2, 0.25) is 0 Å². The summed E-state index contributed by atoms with van der Waals surface area (Å²) in [6.45, 7) is 2.32. The number of ether oxygens (including phenoxy) is 1. The van der Waals surface area contributed by atoms with Gasteiger partial charge in [-0.25, -0.2) is 21.9 Å². The fourth-order valence-corrected chi connectivity index (χ4v) is 3.92. The van der Waals surface area contributed by atoms with Crippen LogP contribution in [-0.4, -0.2) is 39.1 Å². The Labute approximate surface area is 138 Å². The maximum Gasteiger partial charge on any atom is 0.307 e. The number of aliphatic carboxylic acids is 1. The summed E-state index contributed by atoms with van der Waals surface area (Å²) in [7, 11) is -2.75. The van der Waals surface area contributed by atoms with Gasteiger partial charge >= 0.3 is 5.97 Å². The molecule has 0 aliphatic heterocycles. The highest BCUT2D eigenvalue weighted by Gasteiger charge is 2.74. The van der Waals surface area contributed by atoms with Crippen molar-refractivity contribution in [3.8, 4) is 5.75 Å². The molecule has 1 aliphatic carbocycles. The van der Waals surface area contributed by atoms with E-state index < -0.39 is 46.2 Å². The van der Waals surface area contributed by atoms with Gasteiger partial charge in [-0.05, 0) is 23.8 Å². The van der Waals surface area contributed by atoms with Crippen LogP contribution in [0.25, 0.3) is 0 Å². The van der Waals surface area contributed by atoms with E-state index in [9.17, 15) is 22.0 Å².